The number of alkyl halides is 2. The molecule has 0 unspecified atom stereocenters. The Morgan fingerprint density at radius 2 is 1.93 bits per heavy atom. The third-order valence-corrected chi connectivity index (χ3v) is 3.80. The summed E-state index contributed by atoms with van der Waals surface area (Å²) < 4.78 is 48.4. The number of amides is 2. The average Bonchev–Trinajstić information content (AvgIpc) is 2.65. The highest BCUT2D eigenvalue weighted by Gasteiger charge is 2.13. The van der Waals surface area contributed by atoms with E-state index in [1.807, 2.05) is 0 Å². The molecular formula is C20H19F3N2O4. The maximum Gasteiger partial charge on any atom is 0.387 e. The number of carbonyl (C=O) groups excluding carboxylic acids is 2. The van der Waals surface area contributed by atoms with E-state index in [9.17, 15) is 22.8 Å². The number of ether oxygens (including phenoxy) is 2. The standard InChI is InChI=1S/C20H19F3N2O4/c1-3-28-17-8-12(4-6-16(17)29-20(22)23)5-7-18(26)25-15-10-13(19(24)27)9-14(21)11(15)2/h4-10,20H,3H2,1-2H3,(H2,24,27)(H,25,26)/b7-5+. The Labute approximate surface area is 165 Å². The minimum absolute atomic E-state index is 0.0802. The van der Waals surface area contributed by atoms with Gasteiger partial charge in [0.2, 0.25) is 11.8 Å². The van der Waals surface area contributed by atoms with Gasteiger partial charge in [-0.15, -0.1) is 0 Å². The molecule has 2 aromatic carbocycles. The summed E-state index contributed by atoms with van der Waals surface area (Å²) in [5, 5.41) is 2.47. The van der Waals surface area contributed by atoms with Gasteiger partial charge >= 0.3 is 6.61 Å². The first-order valence-electron chi connectivity index (χ1n) is 8.52. The number of rotatable bonds is 8. The molecule has 2 amide bonds. The lowest BCUT2D eigenvalue weighted by molar-refractivity contribution is -0.111. The zero-order valence-corrected chi connectivity index (χ0v) is 15.7. The van der Waals surface area contributed by atoms with Crippen molar-refractivity contribution in [1.82, 2.24) is 0 Å². The van der Waals surface area contributed by atoms with Crippen molar-refractivity contribution in [1.29, 1.82) is 0 Å². The Kier molecular flexibility index (Phi) is 7.24. The first-order chi connectivity index (χ1) is 13.7. The van der Waals surface area contributed by atoms with Crippen molar-refractivity contribution in [2.24, 2.45) is 5.73 Å². The average molecular weight is 408 g/mol. The van der Waals surface area contributed by atoms with Crippen LogP contribution in [0.4, 0.5) is 18.9 Å². The molecule has 0 saturated carbocycles. The van der Waals surface area contributed by atoms with Crippen LogP contribution in [0.3, 0.4) is 0 Å². The van der Waals surface area contributed by atoms with Crippen LogP contribution in [-0.4, -0.2) is 25.0 Å². The van der Waals surface area contributed by atoms with E-state index in [1.54, 1.807) is 6.92 Å². The fraction of sp³-hybridized carbons (Fsp3) is 0.200. The van der Waals surface area contributed by atoms with E-state index < -0.39 is 24.2 Å². The molecule has 2 rings (SSSR count). The third kappa shape index (κ3) is 6.00. The minimum atomic E-state index is -3.00. The summed E-state index contributed by atoms with van der Waals surface area (Å²) in [6.07, 6.45) is 2.57. The third-order valence-electron chi connectivity index (χ3n) is 3.80. The molecule has 154 valence electrons. The summed E-state index contributed by atoms with van der Waals surface area (Å²) in [5.74, 6) is -2.14. The van der Waals surface area contributed by atoms with Gasteiger partial charge in [-0.3, -0.25) is 9.59 Å². The van der Waals surface area contributed by atoms with Gasteiger partial charge in [-0.05, 0) is 49.8 Å². The summed E-state index contributed by atoms with van der Waals surface area (Å²) in [5.41, 5.74) is 5.80. The molecule has 29 heavy (non-hydrogen) atoms. The fourth-order valence-corrected chi connectivity index (χ4v) is 2.39. The van der Waals surface area contributed by atoms with Crippen LogP contribution < -0.4 is 20.5 Å². The number of anilines is 1. The van der Waals surface area contributed by atoms with Crippen LogP contribution in [0.25, 0.3) is 6.08 Å². The molecule has 0 aliphatic carbocycles. The summed E-state index contributed by atoms with van der Waals surface area (Å²) in [6.45, 7) is 0.356. The normalized spacial score (nSPS) is 11.0. The molecule has 0 bridgehead atoms. The quantitative estimate of drug-likeness (QED) is 0.649. The van der Waals surface area contributed by atoms with Gasteiger partial charge in [0, 0.05) is 22.9 Å². The number of halogens is 3. The second-order valence-electron chi connectivity index (χ2n) is 5.84. The number of nitrogens with two attached hydrogens (primary N) is 1. The topological polar surface area (TPSA) is 90.6 Å². The van der Waals surface area contributed by atoms with E-state index in [0.717, 1.165) is 12.1 Å². The zero-order valence-electron chi connectivity index (χ0n) is 15.7. The molecule has 0 radical (unpaired) electrons. The van der Waals surface area contributed by atoms with E-state index in [1.165, 1.54) is 37.3 Å². The molecule has 0 aliphatic rings. The molecule has 2 aromatic rings. The predicted molar refractivity (Wildman–Crippen MR) is 102 cm³/mol. The Hall–Kier alpha value is -3.49. The van der Waals surface area contributed by atoms with Gasteiger partial charge in [0.15, 0.2) is 11.5 Å². The molecule has 3 N–H and O–H groups in total. The predicted octanol–water partition coefficient (Wildman–Crippen LogP) is 3.89. The van der Waals surface area contributed by atoms with E-state index in [4.69, 9.17) is 10.5 Å². The first kappa shape index (κ1) is 21.8. The maximum absolute atomic E-state index is 13.9. The van der Waals surface area contributed by atoms with Gasteiger partial charge < -0.3 is 20.5 Å². The molecule has 0 saturated heterocycles. The van der Waals surface area contributed by atoms with Gasteiger partial charge in [-0.25, -0.2) is 4.39 Å². The zero-order chi connectivity index (χ0) is 21.6. The van der Waals surface area contributed by atoms with Crippen molar-refractivity contribution in [3.05, 3.63) is 58.9 Å². The van der Waals surface area contributed by atoms with Crippen molar-refractivity contribution in [3.63, 3.8) is 0 Å². The van der Waals surface area contributed by atoms with Gasteiger partial charge in [0.25, 0.3) is 0 Å². The molecule has 0 aromatic heterocycles. The van der Waals surface area contributed by atoms with Crippen LogP contribution in [-0.2, 0) is 4.79 Å². The highest BCUT2D eigenvalue weighted by molar-refractivity contribution is 6.03. The summed E-state index contributed by atoms with van der Waals surface area (Å²) >= 11 is 0. The van der Waals surface area contributed by atoms with Gasteiger partial charge in [-0.2, -0.15) is 8.78 Å². The largest absolute Gasteiger partial charge is 0.490 e. The van der Waals surface area contributed by atoms with Crippen LogP contribution in [0.15, 0.2) is 36.4 Å². The molecule has 0 aliphatic heterocycles. The smallest absolute Gasteiger partial charge is 0.387 e. The Morgan fingerprint density at radius 1 is 1.21 bits per heavy atom. The van der Waals surface area contributed by atoms with Crippen molar-refractivity contribution in [3.8, 4) is 11.5 Å². The number of primary amides is 1. The number of benzene rings is 2. The summed E-state index contributed by atoms with van der Waals surface area (Å²) in [7, 11) is 0. The van der Waals surface area contributed by atoms with Crippen LogP contribution in [0, 0.1) is 12.7 Å². The van der Waals surface area contributed by atoms with Gasteiger partial charge in [0.05, 0.1) is 6.61 Å². The molecule has 0 heterocycles. The number of hydrogen-bond acceptors (Lipinski definition) is 4. The lowest BCUT2D eigenvalue weighted by atomic mass is 10.1. The fourth-order valence-electron chi connectivity index (χ4n) is 2.39. The first-order valence-corrected chi connectivity index (χ1v) is 8.52. The number of nitrogens with one attached hydrogen (secondary N) is 1. The minimum Gasteiger partial charge on any atom is -0.490 e. The summed E-state index contributed by atoms with van der Waals surface area (Å²) in [4.78, 5) is 23.4. The van der Waals surface area contributed by atoms with Crippen molar-refractivity contribution in [2.75, 3.05) is 11.9 Å². The van der Waals surface area contributed by atoms with Crippen LogP contribution >= 0.6 is 0 Å². The molecule has 0 atom stereocenters. The lowest BCUT2D eigenvalue weighted by Crippen LogP contribution is -2.15. The van der Waals surface area contributed by atoms with Crippen molar-refractivity contribution < 1.29 is 32.2 Å². The van der Waals surface area contributed by atoms with Crippen molar-refractivity contribution in [2.45, 2.75) is 20.5 Å². The molecule has 6 nitrogen and oxygen atoms in total. The van der Waals surface area contributed by atoms with E-state index in [0.29, 0.717) is 5.56 Å². The lowest BCUT2D eigenvalue weighted by Gasteiger charge is -2.11. The molecular weight excluding hydrogens is 389 g/mol. The van der Waals surface area contributed by atoms with Crippen LogP contribution in [0.1, 0.15) is 28.4 Å². The number of carbonyl (C=O) groups is 2. The van der Waals surface area contributed by atoms with Gasteiger partial charge in [-0.1, -0.05) is 6.07 Å². The maximum atomic E-state index is 13.9. The monoisotopic (exact) mass is 408 g/mol. The van der Waals surface area contributed by atoms with Crippen LogP contribution in [0.5, 0.6) is 11.5 Å². The van der Waals surface area contributed by atoms with Gasteiger partial charge in [0.1, 0.15) is 5.82 Å². The van der Waals surface area contributed by atoms with E-state index >= 15 is 0 Å². The van der Waals surface area contributed by atoms with E-state index in [-0.39, 0.29) is 34.9 Å². The Bertz CT molecular complexity index is 946. The second kappa shape index (κ2) is 9.63. The van der Waals surface area contributed by atoms with E-state index in [2.05, 4.69) is 10.1 Å². The highest BCUT2D eigenvalue weighted by atomic mass is 19.3. The second-order valence-corrected chi connectivity index (χ2v) is 5.84. The Balaban J connectivity index is 2.19. The van der Waals surface area contributed by atoms with Crippen molar-refractivity contribution >= 4 is 23.6 Å². The molecule has 0 spiro atoms. The molecule has 0 fully saturated rings. The number of hydrogen-bond donors (Lipinski definition) is 2. The van der Waals surface area contributed by atoms with Crippen LogP contribution in [0.2, 0.25) is 0 Å². The summed E-state index contributed by atoms with van der Waals surface area (Å²) in [6, 6.07) is 6.45. The highest BCUT2D eigenvalue weighted by Crippen LogP contribution is 2.30. The SMILES string of the molecule is CCOc1cc(/C=C/C(=O)Nc2cc(C(N)=O)cc(F)c2C)ccc1OC(F)F. The molecule has 9 heteroatoms. The Morgan fingerprint density at radius 3 is 2.55 bits per heavy atom.